The van der Waals surface area contributed by atoms with Crippen molar-refractivity contribution < 1.29 is 24.2 Å². The molecule has 1 aromatic rings. The minimum atomic E-state index is -0.853. The number of methoxy groups -OCH3 is 1. The molecule has 28 heavy (non-hydrogen) atoms. The Morgan fingerprint density at radius 1 is 1.36 bits per heavy atom. The lowest BCUT2D eigenvalue weighted by molar-refractivity contribution is -0.270. The van der Waals surface area contributed by atoms with Gasteiger partial charge in [-0.05, 0) is 11.6 Å². The molecule has 1 N–H and O–H groups in total. The number of nitrogens with zero attached hydrogens (tertiary/aromatic N) is 5. The summed E-state index contributed by atoms with van der Waals surface area (Å²) in [6, 6.07) is 3.35. The SMILES string of the molecule is COc1cccc(/C=N/NC(=O)CN2C=[N+]=C3C2C(=O)N(C)C(=O)N3C)c1[O-]. The first kappa shape index (κ1) is 18.9. The van der Waals surface area contributed by atoms with E-state index in [9.17, 15) is 19.5 Å². The van der Waals surface area contributed by atoms with Crippen molar-refractivity contribution in [2.45, 2.75) is 6.04 Å². The van der Waals surface area contributed by atoms with E-state index in [0.717, 1.165) is 4.90 Å². The minimum Gasteiger partial charge on any atom is -0.870 e. The second kappa shape index (κ2) is 7.41. The maximum absolute atomic E-state index is 12.4. The van der Waals surface area contributed by atoms with Crippen molar-refractivity contribution >= 4 is 36.2 Å². The molecule has 4 amide bonds. The van der Waals surface area contributed by atoms with Crippen LogP contribution in [0.15, 0.2) is 23.3 Å². The van der Waals surface area contributed by atoms with Gasteiger partial charge in [0.1, 0.15) is 12.3 Å². The number of imide groups is 1. The van der Waals surface area contributed by atoms with Gasteiger partial charge in [-0.25, -0.2) is 14.9 Å². The number of rotatable bonds is 5. The molecule has 1 aromatic carbocycles. The summed E-state index contributed by atoms with van der Waals surface area (Å²) in [5.41, 5.74) is 2.55. The predicted octanol–water partition coefficient (Wildman–Crippen LogP) is -2.08. The van der Waals surface area contributed by atoms with Gasteiger partial charge in [-0.15, -0.1) is 0 Å². The van der Waals surface area contributed by atoms with Gasteiger partial charge in [0.15, 0.2) is 0 Å². The third-order valence-corrected chi connectivity index (χ3v) is 4.34. The number of carbonyl (C=O) groups is 3. The molecule has 0 aromatic heterocycles. The number of amides is 4. The van der Waals surface area contributed by atoms with Crippen LogP contribution in [0.5, 0.6) is 11.5 Å². The third kappa shape index (κ3) is 3.26. The molecule has 146 valence electrons. The fourth-order valence-electron chi connectivity index (χ4n) is 2.84. The van der Waals surface area contributed by atoms with Gasteiger partial charge in [-0.1, -0.05) is 17.9 Å². The highest BCUT2D eigenvalue weighted by molar-refractivity contribution is 6.22. The van der Waals surface area contributed by atoms with Crippen molar-refractivity contribution in [3.63, 3.8) is 0 Å². The average Bonchev–Trinajstić information content (AvgIpc) is 3.09. The molecule has 2 aliphatic heterocycles. The number of hydrogen-bond donors (Lipinski definition) is 1. The van der Waals surface area contributed by atoms with Gasteiger partial charge >= 0.3 is 11.9 Å². The molecule has 0 aliphatic carbocycles. The van der Waals surface area contributed by atoms with Crippen molar-refractivity contribution in [3.8, 4) is 11.5 Å². The van der Waals surface area contributed by atoms with Crippen LogP contribution in [0, 0.1) is 0 Å². The number of urea groups is 1. The van der Waals surface area contributed by atoms with Gasteiger partial charge in [0.25, 0.3) is 24.2 Å². The highest BCUT2D eigenvalue weighted by Gasteiger charge is 2.53. The summed E-state index contributed by atoms with van der Waals surface area (Å²) in [5.74, 6) is -0.909. The predicted molar refractivity (Wildman–Crippen MR) is 97.8 cm³/mol. The van der Waals surface area contributed by atoms with E-state index < -0.39 is 23.9 Å². The Balaban J connectivity index is 1.63. The number of ether oxygens (including phenoxy) is 1. The molecule has 0 spiro atoms. The fourth-order valence-corrected chi connectivity index (χ4v) is 2.84. The topological polar surface area (TPSA) is 132 Å². The molecule has 1 unspecified atom stereocenters. The summed E-state index contributed by atoms with van der Waals surface area (Å²) < 4.78 is 9.01. The molecule has 11 nitrogen and oxygen atoms in total. The molecular formula is C17H18N6O5. The van der Waals surface area contributed by atoms with Crippen LogP contribution in [0.1, 0.15) is 5.56 Å². The van der Waals surface area contributed by atoms with Crippen LogP contribution in [0.4, 0.5) is 4.79 Å². The van der Waals surface area contributed by atoms with Crippen LogP contribution in [-0.2, 0) is 9.59 Å². The van der Waals surface area contributed by atoms with Crippen LogP contribution in [0.3, 0.4) is 0 Å². The smallest absolute Gasteiger partial charge is 0.389 e. The Bertz CT molecular complexity index is 936. The molecule has 1 saturated heterocycles. The number of fused-ring (bicyclic) bond motifs is 1. The summed E-state index contributed by atoms with van der Waals surface area (Å²) in [4.78, 5) is 40.1. The lowest BCUT2D eigenvalue weighted by Crippen LogP contribution is -2.63. The van der Waals surface area contributed by atoms with Gasteiger partial charge in [0.05, 0.1) is 20.4 Å². The van der Waals surface area contributed by atoms with E-state index in [0.29, 0.717) is 0 Å². The molecule has 1 atom stereocenters. The first-order valence-corrected chi connectivity index (χ1v) is 8.23. The average molecular weight is 386 g/mol. The molecular weight excluding hydrogens is 368 g/mol. The molecule has 0 saturated carbocycles. The summed E-state index contributed by atoms with van der Waals surface area (Å²) in [7, 11) is 4.26. The quantitative estimate of drug-likeness (QED) is 0.351. The monoisotopic (exact) mass is 386 g/mol. The Morgan fingerprint density at radius 3 is 2.82 bits per heavy atom. The van der Waals surface area contributed by atoms with E-state index >= 15 is 0 Å². The largest absolute Gasteiger partial charge is 0.870 e. The summed E-state index contributed by atoms with van der Waals surface area (Å²) in [6.45, 7) is -0.209. The van der Waals surface area contributed by atoms with Crippen molar-refractivity contribution in [3.05, 3.63) is 23.8 Å². The molecule has 0 bridgehead atoms. The Kier molecular flexibility index (Phi) is 5.01. The lowest BCUT2D eigenvalue weighted by atomic mass is 10.1. The zero-order valence-corrected chi connectivity index (χ0v) is 15.4. The van der Waals surface area contributed by atoms with Gasteiger partial charge in [0.2, 0.25) is 0 Å². The Morgan fingerprint density at radius 2 is 2.11 bits per heavy atom. The normalized spacial score (nSPS) is 18.6. The third-order valence-electron chi connectivity index (χ3n) is 4.34. The lowest BCUT2D eigenvalue weighted by Gasteiger charge is -2.29. The van der Waals surface area contributed by atoms with E-state index in [1.165, 1.54) is 55.7 Å². The highest BCUT2D eigenvalue weighted by atomic mass is 16.5. The molecule has 0 radical (unpaired) electrons. The van der Waals surface area contributed by atoms with Crippen LogP contribution < -0.4 is 19.9 Å². The van der Waals surface area contributed by atoms with E-state index in [1.807, 2.05) is 0 Å². The summed E-state index contributed by atoms with van der Waals surface area (Å²) in [5, 5.41) is 15.8. The molecule has 2 aliphatic rings. The fraction of sp³-hybridized carbons (Fsp3) is 0.294. The molecule has 3 rings (SSSR count). The second-order valence-corrected chi connectivity index (χ2v) is 6.09. The van der Waals surface area contributed by atoms with Gasteiger partial charge in [-0.3, -0.25) is 19.4 Å². The molecule has 11 heteroatoms. The van der Waals surface area contributed by atoms with Crippen molar-refractivity contribution in [2.75, 3.05) is 27.7 Å². The number of para-hydroxylation sites is 1. The van der Waals surface area contributed by atoms with Crippen LogP contribution in [0.2, 0.25) is 0 Å². The number of carbonyl (C=O) groups excluding carboxylic acids is 3. The van der Waals surface area contributed by atoms with Crippen molar-refractivity contribution in [1.29, 1.82) is 0 Å². The summed E-state index contributed by atoms with van der Waals surface area (Å²) >= 11 is 0. The van der Waals surface area contributed by atoms with Crippen LogP contribution in [0.25, 0.3) is 0 Å². The molecule has 2 heterocycles. The van der Waals surface area contributed by atoms with E-state index in [2.05, 4.69) is 15.2 Å². The van der Waals surface area contributed by atoms with Crippen LogP contribution in [-0.4, -0.2) is 84.7 Å². The number of hydrogen-bond acceptors (Lipinski definition) is 7. The van der Waals surface area contributed by atoms with Gasteiger partial charge in [-0.2, -0.15) is 10.0 Å². The van der Waals surface area contributed by atoms with E-state index in [4.69, 9.17) is 4.74 Å². The maximum atomic E-state index is 12.4. The molecule has 1 fully saturated rings. The number of amidine groups is 1. The zero-order chi connectivity index (χ0) is 20.4. The number of likely N-dealkylation sites (N-methyl/N-ethyl adjacent to an activating group) is 2. The first-order chi connectivity index (χ1) is 13.3. The zero-order valence-electron chi connectivity index (χ0n) is 15.4. The maximum Gasteiger partial charge on any atom is 0.389 e. The van der Waals surface area contributed by atoms with Gasteiger partial charge < -0.3 is 9.84 Å². The van der Waals surface area contributed by atoms with Crippen molar-refractivity contribution in [2.24, 2.45) is 5.10 Å². The Hall–Kier alpha value is -3.85. The second-order valence-electron chi connectivity index (χ2n) is 6.09. The standard InChI is InChI=1S/C17H18N6O5/c1-21-15-13(16(26)22(2)17(21)27)23(9-18-15)8-12(24)20-19-7-10-5-4-6-11(28-3)14(10)25/h4-7,9,13H,8H2,1-3H3,(H-,19,20,24,25). The first-order valence-electron chi connectivity index (χ1n) is 8.23. The van der Waals surface area contributed by atoms with Crippen LogP contribution >= 0.6 is 0 Å². The van der Waals surface area contributed by atoms with Gasteiger partial charge in [0, 0.05) is 7.05 Å². The highest BCUT2D eigenvalue weighted by Crippen LogP contribution is 2.25. The van der Waals surface area contributed by atoms with Crippen molar-refractivity contribution in [1.82, 2.24) is 24.8 Å². The minimum absolute atomic E-state index is 0.171. The summed E-state index contributed by atoms with van der Waals surface area (Å²) in [6.07, 6.45) is 2.55. The number of hydrazone groups is 1. The number of benzene rings is 1. The number of nitrogens with one attached hydrogen (secondary N) is 1. The van der Waals surface area contributed by atoms with E-state index in [-0.39, 0.29) is 29.4 Å². The van der Waals surface area contributed by atoms with E-state index in [1.54, 1.807) is 6.07 Å². The Labute approximate surface area is 160 Å².